The molecule has 38 heavy (non-hydrogen) atoms. The summed E-state index contributed by atoms with van der Waals surface area (Å²) >= 11 is 0. The molecule has 1 saturated carbocycles. The lowest BCUT2D eigenvalue weighted by atomic mass is 9.62. The van der Waals surface area contributed by atoms with Gasteiger partial charge in [0.15, 0.2) is 0 Å². The standard InChI is InChI=1S/C29H41N3O6/c1-5-37-21-13-11-20(12-14-21)30-25(34)22-23-27(36)32(18(3)16-33)24(26(35)31-19-9-7-6-8-10-19)29(23)15-17(2)28(22,4)38-29/h11-14,17-19,22-24,33H,5-10,15-16H2,1-4H3,(H,30,34)(H,31,35)/t17?,18-,22-,23+,24?,28+,29?/m1/s1. The first-order chi connectivity index (χ1) is 18.2. The van der Waals surface area contributed by atoms with Gasteiger partial charge in [0.1, 0.15) is 17.4 Å². The smallest absolute Gasteiger partial charge is 0.246 e. The van der Waals surface area contributed by atoms with Crippen LogP contribution >= 0.6 is 0 Å². The molecule has 0 aromatic heterocycles. The Labute approximate surface area is 224 Å². The second-order valence-electron chi connectivity index (χ2n) is 11.8. The van der Waals surface area contributed by atoms with Crippen LogP contribution in [-0.4, -0.2) is 70.3 Å². The number of nitrogens with one attached hydrogen (secondary N) is 2. The number of nitrogens with zero attached hydrogens (tertiary/aromatic N) is 1. The van der Waals surface area contributed by atoms with Crippen molar-refractivity contribution in [3.8, 4) is 5.75 Å². The minimum Gasteiger partial charge on any atom is -0.494 e. The molecular weight excluding hydrogens is 486 g/mol. The third-order valence-electron chi connectivity index (χ3n) is 9.41. The van der Waals surface area contributed by atoms with Crippen LogP contribution < -0.4 is 15.4 Å². The molecular formula is C29H41N3O6. The summed E-state index contributed by atoms with van der Waals surface area (Å²) in [5.74, 6) is -1.74. The minimum absolute atomic E-state index is 0.0445. The number of aliphatic hydroxyl groups is 1. The average molecular weight is 528 g/mol. The Kier molecular flexibility index (Phi) is 7.20. The fourth-order valence-electron chi connectivity index (χ4n) is 7.49. The second kappa shape index (κ2) is 10.2. The summed E-state index contributed by atoms with van der Waals surface area (Å²) in [6.07, 6.45) is 5.64. The molecule has 3 heterocycles. The fraction of sp³-hybridized carbons (Fsp3) is 0.690. The van der Waals surface area contributed by atoms with E-state index in [-0.39, 0.29) is 36.3 Å². The largest absolute Gasteiger partial charge is 0.494 e. The first-order valence-electron chi connectivity index (χ1n) is 14.1. The molecule has 3 N–H and O–H groups in total. The van der Waals surface area contributed by atoms with E-state index in [0.29, 0.717) is 24.5 Å². The molecule has 4 fully saturated rings. The van der Waals surface area contributed by atoms with Gasteiger partial charge in [-0.3, -0.25) is 14.4 Å². The normalized spacial score (nSPS) is 35.2. The minimum atomic E-state index is -1.12. The average Bonchev–Trinajstić information content (AvgIpc) is 3.42. The Morgan fingerprint density at radius 2 is 1.87 bits per heavy atom. The van der Waals surface area contributed by atoms with Crippen LogP contribution in [0, 0.1) is 17.8 Å². The number of fused-ring (bicyclic) bond motifs is 1. The first kappa shape index (κ1) is 26.9. The molecule has 9 nitrogen and oxygen atoms in total. The number of anilines is 1. The maximum Gasteiger partial charge on any atom is 0.246 e. The highest BCUT2D eigenvalue weighted by molar-refractivity contribution is 6.02. The number of hydrogen-bond acceptors (Lipinski definition) is 6. The summed E-state index contributed by atoms with van der Waals surface area (Å²) < 4.78 is 12.2. The number of aliphatic hydroxyl groups excluding tert-OH is 1. The van der Waals surface area contributed by atoms with E-state index in [0.717, 1.165) is 32.1 Å². The van der Waals surface area contributed by atoms with E-state index in [1.165, 1.54) is 4.90 Å². The van der Waals surface area contributed by atoms with Crippen LogP contribution in [0.25, 0.3) is 0 Å². The second-order valence-corrected chi connectivity index (χ2v) is 11.8. The molecule has 7 atom stereocenters. The zero-order valence-corrected chi connectivity index (χ0v) is 22.9. The van der Waals surface area contributed by atoms with Crippen LogP contribution in [0.15, 0.2) is 24.3 Å². The Balaban J connectivity index is 1.47. The van der Waals surface area contributed by atoms with Crippen molar-refractivity contribution < 1.29 is 29.0 Å². The van der Waals surface area contributed by atoms with Crippen LogP contribution in [-0.2, 0) is 19.1 Å². The summed E-state index contributed by atoms with van der Waals surface area (Å²) in [5.41, 5.74) is -1.41. The van der Waals surface area contributed by atoms with Crippen LogP contribution in [0.2, 0.25) is 0 Å². The van der Waals surface area contributed by atoms with Gasteiger partial charge in [0.2, 0.25) is 17.7 Å². The maximum absolute atomic E-state index is 14.1. The van der Waals surface area contributed by atoms with Crippen molar-refractivity contribution in [3.63, 3.8) is 0 Å². The fourth-order valence-corrected chi connectivity index (χ4v) is 7.49. The number of hydrogen-bond donors (Lipinski definition) is 3. The lowest BCUT2D eigenvalue weighted by Gasteiger charge is -2.37. The van der Waals surface area contributed by atoms with Crippen molar-refractivity contribution in [2.75, 3.05) is 18.5 Å². The van der Waals surface area contributed by atoms with E-state index in [1.54, 1.807) is 31.2 Å². The monoisotopic (exact) mass is 527 g/mol. The van der Waals surface area contributed by atoms with Crippen LogP contribution in [0.5, 0.6) is 5.75 Å². The third kappa shape index (κ3) is 4.18. The van der Waals surface area contributed by atoms with E-state index in [1.807, 2.05) is 20.8 Å². The quantitative estimate of drug-likeness (QED) is 0.479. The van der Waals surface area contributed by atoms with Crippen molar-refractivity contribution in [3.05, 3.63) is 24.3 Å². The molecule has 3 aliphatic heterocycles. The molecule has 3 amide bonds. The van der Waals surface area contributed by atoms with Gasteiger partial charge in [-0.15, -0.1) is 0 Å². The predicted molar refractivity (Wildman–Crippen MR) is 141 cm³/mol. The summed E-state index contributed by atoms with van der Waals surface area (Å²) in [7, 11) is 0. The molecule has 9 heteroatoms. The highest BCUT2D eigenvalue weighted by atomic mass is 16.5. The van der Waals surface area contributed by atoms with E-state index < -0.39 is 35.1 Å². The van der Waals surface area contributed by atoms with Crippen molar-refractivity contribution in [1.82, 2.24) is 10.2 Å². The lowest BCUT2D eigenvalue weighted by Crippen LogP contribution is -2.59. The molecule has 2 bridgehead atoms. The van der Waals surface area contributed by atoms with Crippen molar-refractivity contribution in [1.29, 1.82) is 0 Å². The molecule has 1 spiro atoms. The van der Waals surface area contributed by atoms with Crippen LogP contribution in [0.3, 0.4) is 0 Å². The van der Waals surface area contributed by atoms with E-state index in [9.17, 15) is 19.5 Å². The predicted octanol–water partition coefficient (Wildman–Crippen LogP) is 2.86. The van der Waals surface area contributed by atoms with Gasteiger partial charge in [0, 0.05) is 11.7 Å². The zero-order chi connectivity index (χ0) is 27.2. The third-order valence-corrected chi connectivity index (χ3v) is 9.41. The topological polar surface area (TPSA) is 117 Å². The Hall–Kier alpha value is -2.65. The summed E-state index contributed by atoms with van der Waals surface area (Å²) in [6.45, 7) is 7.84. The number of likely N-dealkylation sites (tertiary alicyclic amines) is 1. The molecule has 4 aliphatic rings. The SMILES string of the molecule is CCOc1ccc(NC(=O)[C@H]2[C@H]3C(=O)N([C@H](C)CO)C(C(=O)NC4CCCCC4)C34CC(C)[C@]2(C)O4)cc1. The number of rotatable bonds is 8. The zero-order valence-electron chi connectivity index (χ0n) is 22.9. The first-order valence-corrected chi connectivity index (χ1v) is 14.1. The number of carbonyl (C=O) groups is 3. The van der Waals surface area contributed by atoms with E-state index >= 15 is 0 Å². The van der Waals surface area contributed by atoms with Crippen LogP contribution in [0.1, 0.15) is 66.2 Å². The highest BCUT2D eigenvalue weighted by Gasteiger charge is 2.80. The summed E-state index contributed by atoms with van der Waals surface area (Å²) in [5, 5.41) is 16.2. The van der Waals surface area contributed by atoms with Gasteiger partial charge in [-0.05, 0) is 70.2 Å². The van der Waals surface area contributed by atoms with Gasteiger partial charge in [-0.1, -0.05) is 26.2 Å². The summed E-state index contributed by atoms with van der Waals surface area (Å²) in [4.78, 5) is 43.3. The van der Waals surface area contributed by atoms with Gasteiger partial charge in [0.25, 0.3) is 0 Å². The Bertz CT molecular complexity index is 1070. The molecule has 1 aliphatic carbocycles. The molecule has 1 aromatic rings. The molecule has 3 unspecified atom stereocenters. The van der Waals surface area contributed by atoms with E-state index in [2.05, 4.69) is 10.6 Å². The molecule has 5 rings (SSSR count). The van der Waals surface area contributed by atoms with Crippen molar-refractivity contribution in [2.45, 2.75) is 95.5 Å². The summed E-state index contributed by atoms with van der Waals surface area (Å²) in [6, 6.07) is 5.73. The Morgan fingerprint density at radius 3 is 2.50 bits per heavy atom. The van der Waals surface area contributed by atoms with Gasteiger partial charge in [0.05, 0.1) is 36.7 Å². The lowest BCUT2D eigenvalue weighted by molar-refractivity contribution is -0.149. The maximum atomic E-state index is 14.1. The van der Waals surface area contributed by atoms with Crippen LogP contribution in [0.4, 0.5) is 5.69 Å². The highest BCUT2D eigenvalue weighted by Crippen LogP contribution is 2.65. The van der Waals surface area contributed by atoms with Gasteiger partial charge >= 0.3 is 0 Å². The number of carbonyl (C=O) groups excluding carboxylic acids is 3. The molecule has 0 radical (unpaired) electrons. The van der Waals surface area contributed by atoms with E-state index in [4.69, 9.17) is 9.47 Å². The number of amides is 3. The Morgan fingerprint density at radius 1 is 1.18 bits per heavy atom. The van der Waals surface area contributed by atoms with Gasteiger partial charge < -0.3 is 30.1 Å². The molecule has 3 saturated heterocycles. The van der Waals surface area contributed by atoms with Gasteiger partial charge in [-0.25, -0.2) is 0 Å². The molecule has 1 aromatic carbocycles. The number of benzene rings is 1. The van der Waals surface area contributed by atoms with Crippen molar-refractivity contribution in [2.24, 2.45) is 17.8 Å². The number of ether oxygens (including phenoxy) is 2. The molecule has 208 valence electrons. The van der Waals surface area contributed by atoms with Gasteiger partial charge in [-0.2, -0.15) is 0 Å². The van der Waals surface area contributed by atoms with Crippen molar-refractivity contribution >= 4 is 23.4 Å².